The van der Waals surface area contributed by atoms with Gasteiger partial charge in [0.15, 0.2) is 11.3 Å². The molecule has 2 rings (SSSR count). The van der Waals surface area contributed by atoms with E-state index in [0.717, 1.165) is 12.8 Å². The van der Waals surface area contributed by atoms with E-state index >= 15 is 0 Å². The molecule has 0 saturated heterocycles. The Morgan fingerprint density at radius 2 is 2.23 bits per heavy atom. The van der Waals surface area contributed by atoms with E-state index < -0.39 is 11.5 Å². The zero-order valence-electron chi connectivity index (χ0n) is 12.3. The molecule has 22 heavy (non-hydrogen) atoms. The Balaban J connectivity index is 2.70. The summed E-state index contributed by atoms with van der Waals surface area (Å²) in [6, 6.07) is 1.67. The first-order valence-corrected chi connectivity index (χ1v) is 7.80. The predicted octanol–water partition coefficient (Wildman–Crippen LogP) is 1.06. The molecule has 8 heteroatoms. The number of aromatic nitrogens is 2. The molecule has 6 nitrogen and oxygen atoms in total. The van der Waals surface area contributed by atoms with Crippen molar-refractivity contribution in [2.45, 2.75) is 19.8 Å². The Hall–Kier alpha value is -1.58. The first-order valence-electron chi connectivity index (χ1n) is 6.72. The molecule has 0 unspecified atom stereocenters. The Morgan fingerprint density at radius 3 is 2.86 bits per heavy atom. The maximum atomic E-state index is 12.6. The van der Waals surface area contributed by atoms with Gasteiger partial charge in [-0.2, -0.15) is 0 Å². The second-order valence-corrected chi connectivity index (χ2v) is 5.77. The molecule has 0 atom stereocenters. The van der Waals surface area contributed by atoms with E-state index in [1.54, 1.807) is 6.07 Å². The number of unbranched alkanes of at least 4 members (excludes halogenated alkanes) is 1. The van der Waals surface area contributed by atoms with E-state index in [9.17, 15) is 9.59 Å². The van der Waals surface area contributed by atoms with Gasteiger partial charge in [0.25, 0.3) is 0 Å². The summed E-state index contributed by atoms with van der Waals surface area (Å²) in [4.78, 5) is 28.7. The number of pyridine rings is 1. The molecule has 2 aromatic rings. The largest absolute Gasteiger partial charge is 0.486 e. The predicted molar refractivity (Wildman–Crippen MR) is 91.3 cm³/mol. The molecule has 0 fully saturated rings. The van der Waals surface area contributed by atoms with Crippen LogP contribution in [0.2, 0.25) is 0 Å². The highest BCUT2D eigenvalue weighted by molar-refractivity contribution is 14.1. The summed E-state index contributed by atoms with van der Waals surface area (Å²) < 4.78 is 12.1. The van der Waals surface area contributed by atoms with Gasteiger partial charge in [0.1, 0.15) is 7.85 Å². The van der Waals surface area contributed by atoms with E-state index in [1.807, 2.05) is 29.5 Å². The quantitative estimate of drug-likeness (QED) is 0.318. The van der Waals surface area contributed by atoms with Gasteiger partial charge in [-0.15, -0.1) is 0 Å². The van der Waals surface area contributed by atoms with Crippen molar-refractivity contribution in [3.05, 3.63) is 31.9 Å². The molecule has 0 saturated carbocycles. The minimum absolute atomic E-state index is 0.112. The van der Waals surface area contributed by atoms with Gasteiger partial charge in [-0.1, -0.05) is 24.9 Å². The van der Waals surface area contributed by atoms with Crippen LogP contribution in [0.5, 0.6) is 5.75 Å². The van der Waals surface area contributed by atoms with Crippen LogP contribution >= 0.6 is 22.6 Å². The number of esters is 1. The number of rotatable bonds is 5. The lowest BCUT2D eigenvalue weighted by atomic mass is 9.99. The Kier molecular flexibility index (Phi) is 5.44. The fraction of sp³-hybridized carbons (Fsp3) is 0.357. The van der Waals surface area contributed by atoms with E-state index in [0.29, 0.717) is 21.3 Å². The lowest BCUT2D eigenvalue weighted by Crippen LogP contribution is -2.26. The highest BCUT2D eigenvalue weighted by Crippen LogP contribution is 2.17. The third-order valence-electron chi connectivity index (χ3n) is 2.98. The zero-order chi connectivity index (χ0) is 16.3. The topological polar surface area (TPSA) is 69.9 Å². The van der Waals surface area contributed by atoms with E-state index in [-0.39, 0.29) is 11.4 Å². The molecule has 0 N–H and O–H groups in total. The molecule has 0 aromatic carbocycles. The van der Waals surface area contributed by atoms with E-state index in [1.165, 1.54) is 17.7 Å². The van der Waals surface area contributed by atoms with Crippen molar-refractivity contribution in [1.29, 1.82) is 0 Å². The van der Waals surface area contributed by atoms with Crippen molar-refractivity contribution >= 4 is 47.5 Å². The van der Waals surface area contributed by atoms with Crippen LogP contribution in [0.3, 0.4) is 0 Å². The van der Waals surface area contributed by atoms with Crippen LogP contribution in [0.1, 0.15) is 30.3 Å². The summed E-state index contributed by atoms with van der Waals surface area (Å²) in [5.74, 6) is -0.821. The minimum Gasteiger partial charge on any atom is -0.486 e. The number of ether oxygens (including phenoxy) is 2. The maximum Gasteiger partial charge on any atom is 0.360 e. The second-order valence-electron chi connectivity index (χ2n) is 4.60. The van der Waals surface area contributed by atoms with Crippen LogP contribution in [0.4, 0.5) is 0 Å². The van der Waals surface area contributed by atoms with Crippen LogP contribution in [-0.4, -0.2) is 36.9 Å². The molecule has 0 spiro atoms. The standard InChI is InChI=1S/C14H14BIN2O4/c1-3-4-5-22-11-10(14(20)21-2)17-12-9(16)6-8(15)7-18(12)13(11)19/h6-7H,3-5H2,1-2H3. The summed E-state index contributed by atoms with van der Waals surface area (Å²) in [6.45, 7) is 2.32. The SMILES string of the molecule is [B]c1cc(I)c2nc(C(=O)OC)c(OCCCC)c(=O)n2c1. The summed E-state index contributed by atoms with van der Waals surface area (Å²) in [5, 5.41) is 0. The maximum absolute atomic E-state index is 12.6. The monoisotopic (exact) mass is 412 g/mol. The average Bonchev–Trinajstić information content (AvgIpc) is 2.49. The number of hydrogen-bond acceptors (Lipinski definition) is 5. The molecule has 114 valence electrons. The van der Waals surface area contributed by atoms with Crippen molar-refractivity contribution < 1.29 is 14.3 Å². The summed E-state index contributed by atoms with van der Waals surface area (Å²) in [6.07, 6.45) is 3.12. The van der Waals surface area contributed by atoms with Crippen molar-refractivity contribution in [2.75, 3.05) is 13.7 Å². The third-order valence-corrected chi connectivity index (χ3v) is 3.78. The summed E-state index contributed by atoms with van der Waals surface area (Å²) >= 11 is 2.00. The molecule has 0 amide bonds. The second kappa shape index (κ2) is 7.12. The zero-order valence-corrected chi connectivity index (χ0v) is 14.4. The summed E-state index contributed by atoms with van der Waals surface area (Å²) in [7, 11) is 7.00. The average molecular weight is 412 g/mol. The lowest BCUT2D eigenvalue weighted by molar-refractivity contribution is 0.0588. The Labute approximate surface area is 142 Å². The molecule has 2 heterocycles. The van der Waals surface area contributed by atoms with Gasteiger partial charge in [0.2, 0.25) is 5.75 Å². The van der Waals surface area contributed by atoms with E-state index in [2.05, 4.69) is 4.98 Å². The van der Waals surface area contributed by atoms with E-state index in [4.69, 9.17) is 17.3 Å². The van der Waals surface area contributed by atoms with Crippen molar-refractivity contribution in [2.24, 2.45) is 0 Å². The van der Waals surface area contributed by atoms with Gasteiger partial charge in [0.05, 0.1) is 17.3 Å². The fourth-order valence-corrected chi connectivity index (χ4v) is 2.63. The van der Waals surface area contributed by atoms with Gasteiger partial charge in [-0.3, -0.25) is 9.20 Å². The highest BCUT2D eigenvalue weighted by Gasteiger charge is 2.22. The Morgan fingerprint density at radius 1 is 1.50 bits per heavy atom. The third kappa shape index (κ3) is 3.26. The number of fused-ring (bicyclic) bond motifs is 1. The first kappa shape index (κ1) is 16.8. The van der Waals surface area contributed by atoms with Crippen LogP contribution in [0.25, 0.3) is 5.65 Å². The Bertz CT molecular complexity index is 776. The smallest absolute Gasteiger partial charge is 0.360 e. The summed E-state index contributed by atoms with van der Waals surface area (Å²) in [5.41, 5.74) is 0.159. The van der Waals surface area contributed by atoms with Crippen LogP contribution in [0.15, 0.2) is 17.1 Å². The number of nitrogens with zero attached hydrogens (tertiary/aromatic N) is 2. The van der Waals surface area contributed by atoms with Gasteiger partial charge in [-0.05, 0) is 29.0 Å². The molecular weight excluding hydrogens is 398 g/mol. The lowest BCUT2D eigenvalue weighted by Gasteiger charge is -2.12. The first-order chi connectivity index (χ1) is 10.5. The van der Waals surface area contributed by atoms with Gasteiger partial charge >= 0.3 is 11.5 Å². The van der Waals surface area contributed by atoms with Gasteiger partial charge in [-0.25, -0.2) is 9.78 Å². The molecule has 0 bridgehead atoms. The molecule has 0 aliphatic rings. The number of carbonyl (C=O) groups is 1. The van der Waals surface area contributed by atoms with Crippen LogP contribution in [-0.2, 0) is 4.74 Å². The molecule has 2 aromatic heterocycles. The number of hydrogen-bond donors (Lipinski definition) is 0. The van der Waals surface area contributed by atoms with Gasteiger partial charge in [0, 0.05) is 6.20 Å². The molecular formula is C14H14BIN2O4. The number of methoxy groups -OCH3 is 1. The fourth-order valence-electron chi connectivity index (χ4n) is 1.89. The molecule has 2 radical (unpaired) electrons. The van der Waals surface area contributed by atoms with Crippen LogP contribution in [0, 0.1) is 3.57 Å². The van der Waals surface area contributed by atoms with Gasteiger partial charge < -0.3 is 9.47 Å². The van der Waals surface area contributed by atoms with Crippen molar-refractivity contribution in [3.63, 3.8) is 0 Å². The highest BCUT2D eigenvalue weighted by atomic mass is 127. The number of halogens is 1. The number of carbonyl (C=O) groups excluding carboxylic acids is 1. The van der Waals surface area contributed by atoms with Crippen molar-refractivity contribution in [1.82, 2.24) is 9.38 Å². The van der Waals surface area contributed by atoms with Crippen LogP contribution < -0.4 is 15.8 Å². The molecule has 0 aliphatic heterocycles. The van der Waals surface area contributed by atoms with Crippen molar-refractivity contribution in [3.8, 4) is 5.75 Å². The minimum atomic E-state index is -0.710. The molecule has 0 aliphatic carbocycles. The normalized spacial score (nSPS) is 10.7.